The Hall–Kier alpha value is -2.31. The second kappa shape index (κ2) is 6.44. The van der Waals surface area contributed by atoms with Crippen LogP contribution in [0.15, 0.2) is 41.8 Å². The summed E-state index contributed by atoms with van der Waals surface area (Å²) in [4.78, 5) is 29.8. The van der Waals surface area contributed by atoms with Gasteiger partial charge in [0, 0.05) is 12.5 Å². The number of amides is 1. The van der Waals surface area contributed by atoms with Crippen molar-refractivity contribution in [3.63, 3.8) is 0 Å². The number of nitrogens with zero attached hydrogens (tertiary/aromatic N) is 1. The molecule has 0 aliphatic carbocycles. The Balaban J connectivity index is 1.94. The molecule has 0 bridgehead atoms. The van der Waals surface area contributed by atoms with Gasteiger partial charge >= 0.3 is 0 Å². The second-order valence-electron chi connectivity index (χ2n) is 5.01. The SMILES string of the molecule is CC(=O)c1sc(NC(=O)c2sccc2C)nc1-c1ccccc1. The third-order valence-corrected chi connectivity index (χ3v) is 5.37. The van der Waals surface area contributed by atoms with Gasteiger partial charge in [0.2, 0.25) is 0 Å². The number of aromatic nitrogens is 1. The van der Waals surface area contributed by atoms with E-state index in [1.54, 1.807) is 0 Å². The number of thiazole rings is 1. The first kappa shape index (κ1) is 15.6. The number of benzene rings is 1. The van der Waals surface area contributed by atoms with Gasteiger partial charge in [-0.3, -0.25) is 14.9 Å². The number of hydrogen-bond acceptors (Lipinski definition) is 5. The van der Waals surface area contributed by atoms with E-state index in [1.807, 2.05) is 48.7 Å². The van der Waals surface area contributed by atoms with Gasteiger partial charge in [-0.05, 0) is 23.9 Å². The molecule has 0 saturated carbocycles. The van der Waals surface area contributed by atoms with Crippen molar-refractivity contribution < 1.29 is 9.59 Å². The summed E-state index contributed by atoms with van der Waals surface area (Å²) in [5.74, 6) is -0.255. The maximum absolute atomic E-state index is 12.3. The maximum atomic E-state index is 12.3. The molecule has 6 heteroatoms. The molecule has 0 spiro atoms. The van der Waals surface area contributed by atoms with E-state index >= 15 is 0 Å². The number of rotatable bonds is 4. The van der Waals surface area contributed by atoms with Gasteiger partial charge < -0.3 is 0 Å². The van der Waals surface area contributed by atoms with Crippen molar-refractivity contribution in [2.45, 2.75) is 13.8 Å². The van der Waals surface area contributed by atoms with Crippen molar-refractivity contribution >= 4 is 39.5 Å². The number of carbonyl (C=O) groups excluding carboxylic acids is 2. The van der Waals surface area contributed by atoms with E-state index in [9.17, 15) is 9.59 Å². The van der Waals surface area contributed by atoms with Crippen LogP contribution in [0.4, 0.5) is 5.13 Å². The number of hydrogen-bond donors (Lipinski definition) is 1. The largest absolute Gasteiger partial charge is 0.297 e. The lowest BCUT2D eigenvalue weighted by Crippen LogP contribution is -2.10. The van der Waals surface area contributed by atoms with Crippen molar-refractivity contribution in [3.8, 4) is 11.3 Å². The van der Waals surface area contributed by atoms with Gasteiger partial charge in [0.1, 0.15) is 0 Å². The zero-order valence-corrected chi connectivity index (χ0v) is 14.3. The first-order valence-electron chi connectivity index (χ1n) is 6.99. The predicted molar refractivity (Wildman–Crippen MR) is 94.6 cm³/mol. The zero-order chi connectivity index (χ0) is 16.4. The third-order valence-electron chi connectivity index (χ3n) is 3.28. The third kappa shape index (κ3) is 3.23. The molecule has 4 nitrogen and oxygen atoms in total. The van der Waals surface area contributed by atoms with Crippen LogP contribution in [0.1, 0.15) is 31.8 Å². The zero-order valence-electron chi connectivity index (χ0n) is 12.6. The number of nitrogens with one attached hydrogen (secondary N) is 1. The fraction of sp³-hybridized carbons (Fsp3) is 0.118. The monoisotopic (exact) mass is 342 g/mol. The molecule has 2 aromatic heterocycles. The summed E-state index contributed by atoms with van der Waals surface area (Å²) < 4.78 is 0. The number of Topliss-reactive ketones (excluding diaryl/α,β-unsaturated/α-hetero) is 1. The lowest BCUT2D eigenvalue weighted by atomic mass is 10.1. The topological polar surface area (TPSA) is 59.1 Å². The Morgan fingerprint density at radius 2 is 1.83 bits per heavy atom. The minimum Gasteiger partial charge on any atom is -0.297 e. The van der Waals surface area contributed by atoms with Gasteiger partial charge in [0.15, 0.2) is 10.9 Å². The van der Waals surface area contributed by atoms with Gasteiger partial charge in [0.05, 0.1) is 15.4 Å². The molecule has 3 aromatic rings. The minimum atomic E-state index is -0.194. The average molecular weight is 342 g/mol. The molecule has 0 radical (unpaired) electrons. The molecule has 3 rings (SSSR count). The first-order chi connectivity index (χ1) is 11.1. The molecule has 23 heavy (non-hydrogen) atoms. The van der Waals surface area contributed by atoms with Crippen molar-refractivity contribution in [3.05, 3.63) is 57.1 Å². The van der Waals surface area contributed by atoms with Gasteiger partial charge in [-0.1, -0.05) is 41.7 Å². The standard InChI is InChI=1S/C17H14N2O2S2/c1-10-8-9-22-14(10)16(21)19-17-18-13(15(23-17)11(2)20)12-6-4-3-5-7-12/h3-9H,1-2H3,(H,18,19,21). The summed E-state index contributed by atoms with van der Waals surface area (Å²) in [6.45, 7) is 3.40. The van der Waals surface area contributed by atoms with Crippen LogP contribution in [-0.2, 0) is 0 Å². The Bertz CT molecular complexity index is 866. The molecule has 1 N–H and O–H groups in total. The average Bonchev–Trinajstić information content (AvgIpc) is 3.14. The minimum absolute atomic E-state index is 0.0610. The fourth-order valence-electron chi connectivity index (χ4n) is 2.16. The van der Waals surface area contributed by atoms with E-state index in [1.165, 1.54) is 29.6 Å². The molecule has 0 unspecified atom stereocenters. The van der Waals surface area contributed by atoms with Gasteiger partial charge in [-0.15, -0.1) is 11.3 Å². The van der Waals surface area contributed by atoms with Crippen molar-refractivity contribution in [2.75, 3.05) is 5.32 Å². The van der Waals surface area contributed by atoms with Crippen LogP contribution in [0.25, 0.3) is 11.3 Å². The number of anilines is 1. The quantitative estimate of drug-likeness (QED) is 0.703. The summed E-state index contributed by atoms with van der Waals surface area (Å²) >= 11 is 2.59. The highest BCUT2D eigenvalue weighted by Crippen LogP contribution is 2.32. The van der Waals surface area contributed by atoms with E-state index in [0.29, 0.717) is 20.6 Å². The first-order valence-corrected chi connectivity index (χ1v) is 8.68. The van der Waals surface area contributed by atoms with Crippen molar-refractivity contribution in [1.82, 2.24) is 4.98 Å². The van der Waals surface area contributed by atoms with Crippen LogP contribution < -0.4 is 5.32 Å². The maximum Gasteiger partial charge on any atom is 0.267 e. The van der Waals surface area contributed by atoms with Gasteiger partial charge in [-0.2, -0.15) is 0 Å². The summed E-state index contributed by atoms with van der Waals surface area (Å²) in [7, 11) is 0. The van der Waals surface area contributed by atoms with E-state index in [2.05, 4.69) is 10.3 Å². The van der Waals surface area contributed by atoms with E-state index in [-0.39, 0.29) is 11.7 Å². The van der Waals surface area contributed by atoms with Crippen molar-refractivity contribution in [2.24, 2.45) is 0 Å². The molecule has 0 aliphatic rings. The molecule has 116 valence electrons. The highest BCUT2D eigenvalue weighted by atomic mass is 32.1. The number of ketones is 1. The van der Waals surface area contributed by atoms with E-state index < -0.39 is 0 Å². The lowest BCUT2D eigenvalue weighted by molar-refractivity contribution is 0.101. The lowest BCUT2D eigenvalue weighted by Gasteiger charge is -2.00. The fourth-order valence-corrected chi connectivity index (χ4v) is 3.86. The van der Waals surface area contributed by atoms with Crippen LogP contribution in [0.5, 0.6) is 0 Å². The molecular formula is C17H14N2O2S2. The summed E-state index contributed by atoms with van der Waals surface area (Å²) in [6, 6.07) is 11.4. The highest BCUT2D eigenvalue weighted by molar-refractivity contribution is 7.18. The van der Waals surface area contributed by atoms with Gasteiger partial charge in [-0.25, -0.2) is 4.98 Å². The van der Waals surface area contributed by atoms with E-state index in [4.69, 9.17) is 0 Å². The number of carbonyl (C=O) groups is 2. The smallest absolute Gasteiger partial charge is 0.267 e. The number of aryl methyl sites for hydroxylation is 1. The molecule has 1 aromatic carbocycles. The Morgan fingerprint density at radius 3 is 2.43 bits per heavy atom. The highest BCUT2D eigenvalue weighted by Gasteiger charge is 2.19. The predicted octanol–water partition coefficient (Wildman–Crippen LogP) is 4.63. The van der Waals surface area contributed by atoms with Crippen LogP contribution in [0.3, 0.4) is 0 Å². The van der Waals surface area contributed by atoms with Crippen LogP contribution >= 0.6 is 22.7 Å². The molecule has 0 aliphatic heterocycles. The van der Waals surface area contributed by atoms with Crippen LogP contribution in [0.2, 0.25) is 0 Å². The summed E-state index contributed by atoms with van der Waals surface area (Å²) in [5.41, 5.74) is 2.40. The molecule has 2 heterocycles. The molecule has 0 saturated heterocycles. The molecule has 1 amide bonds. The van der Waals surface area contributed by atoms with Crippen LogP contribution in [0, 0.1) is 6.92 Å². The summed E-state index contributed by atoms with van der Waals surface area (Å²) in [6.07, 6.45) is 0. The Morgan fingerprint density at radius 1 is 1.09 bits per heavy atom. The Kier molecular flexibility index (Phi) is 4.36. The Labute approximate surface area is 141 Å². The molecule has 0 atom stereocenters. The van der Waals surface area contributed by atoms with Crippen LogP contribution in [-0.4, -0.2) is 16.7 Å². The molecule has 0 fully saturated rings. The number of thiophene rings is 1. The molecular weight excluding hydrogens is 328 g/mol. The normalized spacial score (nSPS) is 10.5. The summed E-state index contributed by atoms with van der Waals surface area (Å²) in [5, 5.41) is 5.11. The second-order valence-corrected chi connectivity index (χ2v) is 6.92. The van der Waals surface area contributed by atoms with E-state index in [0.717, 1.165) is 11.1 Å². The van der Waals surface area contributed by atoms with Gasteiger partial charge in [0.25, 0.3) is 5.91 Å². The van der Waals surface area contributed by atoms with Crippen molar-refractivity contribution in [1.29, 1.82) is 0 Å².